The Labute approximate surface area is 154 Å². The first-order valence-electron chi connectivity index (χ1n) is 9.35. The van der Waals surface area contributed by atoms with Gasteiger partial charge in [0.25, 0.3) is 0 Å². The van der Waals surface area contributed by atoms with Crippen LogP contribution in [0.1, 0.15) is 35.9 Å². The number of pyridine rings is 1. The minimum atomic E-state index is 0.110. The van der Waals surface area contributed by atoms with E-state index in [0.717, 1.165) is 43.9 Å². The maximum absolute atomic E-state index is 5.71. The second-order valence-electron chi connectivity index (χ2n) is 6.90. The first-order chi connectivity index (χ1) is 12.9. The number of nitrogens with one attached hydrogen (secondary N) is 1. The lowest BCUT2D eigenvalue weighted by molar-refractivity contribution is 0.183. The van der Waals surface area contributed by atoms with E-state index in [0.29, 0.717) is 6.04 Å². The summed E-state index contributed by atoms with van der Waals surface area (Å²) >= 11 is 0. The van der Waals surface area contributed by atoms with Crippen molar-refractivity contribution >= 4 is 0 Å². The molecule has 0 aliphatic carbocycles. The molecule has 1 aromatic carbocycles. The molecule has 4 rings (SSSR count). The number of hydrogen-bond acceptors (Lipinski definition) is 4. The molecule has 3 aromatic rings. The second-order valence-corrected chi connectivity index (χ2v) is 6.90. The summed E-state index contributed by atoms with van der Waals surface area (Å²) in [4.78, 5) is 6.93. The highest BCUT2D eigenvalue weighted by atomic mass is 16.3. The predicted octanol–water partition coefficient (Wildman–Crippen LogP) is 4.02. The van der Waals surface area contributed by atoms with Crippen LogP contribution in [0.5, 0.6) is 0 Å². The Hall–Kier alpha value is -2.43. The number of aromatic nitrogens is 1. The number of furan rings is 1. The van der Waals surface area contributed by atoms with E-state index in [1.807, 2.05) is 18.3 Å². The van der Waals surface area contributed by atoms with Gasteiger partial charge in [0.2, 0.25) is 0 Å². The fourth-order valence-electron chi connectivity index (χ4n) is 3.66. The minimum absolute atomic E-state index is 0.110. The van der Waals surface area contributed by atoms with Crippen LogP contribution in [-0.4, -0.2) is 29.0 Å². The molecular formula is C22H25N3O. The van der Waals surface area contributed by atoms with Crippen molar-refractivity contribution in [3.05, 3.63) is 90.1 Å². The van der Waals surface area contributed by atoms with E-state index in [4.69, 9.17) is 4.42 Å². The topological polar surface area (TPSA) is 41.3 Å². The quantitative estimate of drug-likeness (QED) is 0.731. The molecule has 0 bridgehead atoms. The summed E-state index contributed by atoms with van der Waals surface area (Å²) in [6, 6.07) is 21.3. The molecular weight excluding hydrogens is 322 g/mol. The summed E-state index contributed by atoms with van der Waals surface area (Å²) in [5.74, 6) is 0.979. The highest BCUT2D eigenvalue weighted by Crippen LogP contribution is 2.25. The van der Waals surface area contributed by atoms with Crippen LogP contribution < -0.4 is 5.32 Å². The summed E-state index contributed by atoms with van der Waals surface area (Å²) in [6.45, 7) is 3.12. The maximum Gasteiger partial charge on any atom is 0.125 e. The Balaban J connectivity index is 1.37. The molecule has 4 heteroatoms. The lowest BCUT2D eigenvalue weighted by Gasteiger charge is -2.34. The summed E-state index contributed by atoms with van der Waals surface area (Å²) in [6.07, 6.45) is 5.90. The van der Waals surface area contributed by atoms with Crippen molar-refractivity contribution < 1.29 is 4.42 Å². The van der Waals surface area contributed by atoms with Crippen LogP contribution in [0.4, 0.5) is 0 Å². The van der Waals surface area contributed by atoms with Gasteiger partial charge >= 0.3 is 0 Å². The molecule has 0 saturated carbocycles. The number of rotatable bonds is 6. The average Bonchev–Trinajstić information content (AvgIpc) is 3.23. The normalized spacial score (nSPS) is 17.2. The van der Waals surface area contributed by atoms with Gasteiger partial charge in [-0.05, 0) is 42.7 Å². The Bertz CT molecular complexity index is 766. The lowest BCUT2D eigenvalue weighted by atomic mass is 9.99. The SMILES string of the molecule is c1ccc([C@H](NC2CCN(Cc3ccccn3)CC2)c2ccco2)cc1. The van der Waals surface area contributed by atoms with Crippen LogP contribution in [0, 0.1) is 0 Å². The Kier molecular flexibility index (Phi) is 5.43. The monoisotopic (exact) mass is 347 g/mol. The van der Waals surface area contributed by atoms with Crippen LogP contribution in [0.2, 0.25) is 0 Å². The first-order valence-corrected chi connectivity index (χ1v) is 9.35. The van der Waals surface area contributed by atoms with Crippen LogP contribution in [0.15, 0.2) is 77.5 Å². The van der Waals surface area contributed by atoms with E-state index in [1.165, 1.54) is 5.56 Å². The van der Waals surface area contributed by atoms with Crippen molar-refractivity contribution in [3.63, 3.8) is 0 Å². The van der Waals surface area contributed by atoms with Gasteiger partial charge in [-0.25, -0.2) is 0 Å². The molecule has 26 heavy (non-hydrogen) atoms. The summed E-state index contributed by atoms with van der Waals surface area (Å²) in [5.41, 5.74) is 2.40. The van der Waals surface area contributed by atoms with Crippen molar-refractivity contribution in [2.24, 2.45) is 0 Å². The molecule has 4 nitrogen and oxygen atoms in total. The molecule has 2 aromatic heterocycles. The third-order valence-electron chi connectivity index (χ3n) is 5.06. The van der Waals surface area contributed by atoms with Gasteiger partial charge in [-0.1, -0.05) is 36.4 Å². The fourth-order valence-corrected chi connectivity index (χ4v) is 3.66. The van der Waals surface area contributed by atoms with Gasteiger partial charge in [0, 0.05) is 31.9 Å². The van der Waals surface area contributed by atoms with E-state index < -0.39 is 0 Å². The zero-order valence-corrected chi connectivity index (χ0v) is 14.9. The smallest absolute Gasteiger partial charge is 0.125 e. The Morgan fingerprint density at radius 1 is 1.00 bits per heavy atom. The van der Waals surface area contributed by atoms with Crippen LogP contribution in [0.3, 0.4) is 0 Å². The Morgan fingerprint density at radius 2 is 1.81 bits per heavy atom. The molecule has 0 spiro atoms. The van der Waals surface area contributed by atoms with Gasteiger partial charge < -0.3 is 9.73 Å². The van der Waals surface area contributed by atoms with E-state index in [2.05, 4.69) is 63.7 Å². The van der Waals surface area contributed by atoms with Crippen molar-refractivity contribution in [3.8, 4) is 0 Å². The average molecular weight is 347 g/mol. The van der Waals surface area contributed by atoms with Gasteiger partial charge in [-0.2, -0.15) is 0 Å². The molecule has 0 unspecified atom stereocenters. The van der Waals surface area contributed by atoms with Crippen molar-refractivity contribution in [2.45, 2.75) is 31.5 Å². The van der Waals surface area contributed by atoms with Crippen LogP contribution in [-0.2, 0) is 6.54 Å². The second kappa shape index (κ2) is 8.30. The van der Waals surface area contributed by atoms with Crippen molar-refractivity contribution in [2.75, 3.05) is 13.1 Å². The number of likely N-dealkylation sites (tertiary alicyclic amines) is 1. The molecule has 1 N–H and O–H groups in total. The molecule has 1 fully saturated rings. The zero-order chi connectivity index (χ0) is 17.6. The zero-order valence-electron chi connectivity index (χ0n) is 14.9. The fraction of sp³-hybridized carbons (Fsp3) is 0.318. The predicted molar refractivity (Wildman–Crippen MR) is 103 cm³/mol. The van der Waals surface area contributed by atoms with Gasteiger partial charge in [0.1, 0.15) is 5.76 Å². The van der Waals surface area contributed by atoms with Crippen molar-refractivity contribution in [1.82, 2.24) is 15.2 Å². The molecule has 1 atom stereocenters. The highest BCUT2D eigenvalue weighted by molar-refractivity contribution is 5.26. The minimum Gasteiger partial charge on any atom is -0.467 e. The lowest BCUT2D eigenvalue weighted by Crippen LogP contribution is -2.43. The van der Waals surface area contributed by atoms with Gasteiger partial charge in [0.05, 0.1) is 18.0 Å². The van der Waals surface area contributed by atoms with E-state index in [9.17, 15) is 0 Å². The number of hydrogen-bond donors (Lipinski definition) is 1. The molecule has 0 amide bonds. The molecule has 3 heterocycles. The maximum atomic E-state index is 5.71. The number of nitrogens with zero attached hydrogens (tertiary/aromatic N) is 2. The molecule has 134 valence electrons. The van der Waals surface area contributed by atoms with Crippen molar-refractivity contribution in [1.29, 1.82) is 0 Å². The molecule has 1 aliphatic heterocycles. The third-order valence-corrected chi connectivity index (χ3v) is 5.06. The van der Waals surface area contributed by atoms with Gasteiger partial charge in [-0.15, -0.1) is 0 Å². The van der Waals surface area contributed by atoms with E-state index >= 15 is 0 Å². The number of piperidine rings is 1. The standard InChI is InChI=1S/C22H25N3O/c1-2-7-18(8-3-1)22(21-10-6-16-26-21)24-19-11-14-25(15-12-19)17-20-9-4-5-13-23-20/h1-10,13,16,19,22,24H,11-12,14-15,17H2/t22-/m0/s1. The van der Waals surface area contributed by atoms with E-state index in [1.54, 1.807) is 6.26 Å². The summed E-state index contributed by atoms with van der Waals surface area (Å²) in [7, 11) is 0. The van der Waals surface area contributed by atoms with E-state index in [-0.39, 0.29) is 6.04 Å². The Morgan fingerprint density at radius 3 is 2.50 bits per heavy atom. The summed E-state index contributed by atoms with van der Waals surface area (Å²) in [5, 5.41) is 3.82. The van der Waals surface area contributed by atoms with Gasteiger partial charge in [-0.3, -0.25) is 9.88 Å². The van der Waals surface area contributed by atoms with Gasteiger partial charge in [0.15, 0.2) is 0 Å². The number of benzene rings is 1. The highest BCUT2D eigenvalue weighted by Gasteiger charge is 2.24. The van der Waals surface area contributed by atoms with Crippen LogP contribution >= 0.6 is 0 Å². The first kappa shape index (κ1) is 17.0. The molecule has 0 radical (unpaired) electrons. The summed E-state index contributed by atoms with van der Waals surface area (Å²) < 4.78 is 5.71. The van der Waals surface area contributed by atoms with Crippen LogP contribution in [0.25, 0.3) is 0 Å². The molecule has 1 saturated heterocycles. The largest absolute Gasteiger partial charge is 0.467 e. The third kappa shape index (κ3) is 4.21. The molecule has 1 aliphatic rings.